The zero-order chi connectivity index (χ0) is 16.0. The number of nitrogens with zero attached hydrogens (tertiary/aromatic N) is 2. The van der Waals surface area contributed by atoms with Gasteiger partial charge >= 0.3 is 0 Å². The van der Waals surface area contributed by atoms with Crippen LogP contribution < -0.4 is 10.5 Å². The minimum Gasteiger partial charge on any atom is -0.494 e. The minimum absolute atomic E-state index is 0.0148. The molecule has 3 N–H and O–H groups in total. The second kappa shape index (κ2) is 7.47. The van der Waals surface area contributed by atoms with Gasteiger partial charge in [-0.05, 0) is 32.0 Å². The van der Waals surface area contributed by atoms with Gasteiger partial charge < -0.3 is 20.6 Å². The molecule has 1 rings (SSSR count). The van der Waals surface area contributed by atoms with Crippen LogP contribution in [0, 0.1) is 5.82 Å². The number of hydrogen-bond donors (Lipinski definition) is 2. The molecule has 0 saturated carbocycles. The number of halogens is 1. The first-order valence-corrected chi connectivity index (χ1v) is 6.51. The fourth-order valence-corrected chi connectivity index (χ4v) is 1.84. The van der Waals surface area contributed by atoms with Gasteiger partial charge in [0.2, 0.25) is 0 Å². The molecule has 1 aromatic carbocycles. The monoisotopic (exact) mass is 297 g/mol. The topological polar surface area (TPSA) is 88.2 Å². The number of rotatable bonds is 6. The van der Waals surface area contributed by atoms with Gasteiger partial charge in [-0.2, -0.15) is 0 Å². The Balaban J connectivity index is 2.95. The largest absolute Gasteiger partial charge is 0.494 e. The van der Waals surface area contributed by atoms with Gasteiger partial charge in [-0.1, -0.05) is 5.16 Å². The van der Waals surface area contributed by atoms with Crippen LogP contribution in [0.1, 0.15) is 30.6 Å². The normalized spacial score (nSPS) is 11.6. The molecule has 0 aromatic heterocycles. The van der Waals surface area contributed by atoms with Crippen LogP contribution in [0.3, 0.4) is 0 Å². The summed E-state index contributed by atoms with van der Waals surface area (Å²) < 4.78 is 18.3. The first-order chi connectivity index (χ1) is 9.90. The van der Waals surface area contributed by atoms with Crippen LogP contribution in [0.15, 0.2) is 23.4 Å². The quantitative estimate of drug-likeness (QED) is 0.363. The molecule has 7 heteroatoms. The summed E-state index contributed by atoms with van der Waals surface area (Å²) >= 11 is 0. The van der Waals surface area contributed by atoms with Crippen molar-refractivity contribution < 1.29 is 19.1 Å². The Morgan fingerprint density at radius 2 is 2.19 bits per heavy atom. The number of ether oxygens (including phenoxy) is 1. The average Bonchev–Trinajstić information content (AvgIpc) is 2.47. The van der Waals surface area contributed by atoms with Gasteiger partial charge in [-0.15, -0.1) is 0 Å². The zero-order valence-corrected chi connectivity index (χ0v) is 12.3. The summed E-state index contributed by atoms with van der Waals surface area (Å²) in [5, 5.41) is 11.4. The van der Waals surface area contributed by atoms with Gasteiger partial charge in [0.25, 0.3) is 5.91 Å². The van der Waals surface area contributed by atoms with Crippen LogP contribution in [0.2, 0.25) is 0 Å². The molecule has 116 valence electrons. The predicted molar refractivity (Wildman–Crippen MR) is 77.2 cm³/mol. The van der Waals surface area contributed by atoms with E-state index < -0.39 is 5.82 Å². The van der Waals surface area contributed by atoms with Gasteiger partial charge in [0.1, 0.15) is 5.84 Å². The number of amidine groups is 1. The maximum absolute atomic E-state index is 13.4. The van der Waals surface area contributed by atoms with E-state index in [-0.39, 0.29) is 30.0 Å². The van der Waals surface area contributed by atoms with Gasteiger partial charge in [0.15, 0.2) is 11.6 Å². The van der Waals surface area contributed by atoms with Crippen molar-refractivity contribution >= 4 is 11.7 Å². The average molecular weight is 297 g/mol. The molecular weight excluding hydrogens is 277 g/mol. The number of methoxy groups -OCH3 is 1. The van der Waals surface area contributed by atoms with Gasteiger partial charge in [0.05, 0.1) is 7.11 Å². The van der Waals surface area contributed by atoms with Crippen molar-refractivity contribution in [2.45, 2.75) is 26.3 Å². The van der Waals surface area contributed by atoms with Gasteiger partial charge in [-0.25, -0.2) is 4.39 Å². The molecule has 0 bridgehead atoms. The molecular formula is C14H20FN3O3. The highest BCUT2D eigenvalue weighted by molar-refractivity contribution is 5.95. The summed E-state index contributed by atoms with van der Waals surface area (Å²) in [4.78, 5) is 14.0. The van der Waals surface area contributed by atoms with Crippen molar-refractivity contribution in [2.24, 2.45) is 10.9 Å². The highest BCUT2D eigenvalue weighted by atomic mass is 19.1. The van der Waals surface area contributed by atoms with Crippen LogP contribution in [0.5, 0.6) is 5.75 Å². The van der Waals surface area contributed by atoms with Crippen LogP contribution in [-0.2, 0) is 0 Å². The number of oxime groups is 1. The number of nitrogens with two attached hydrogens (primary N) is 1. The zero-order valence-electron chi connectivity index (χ0n) is 12.3. The SMILES string of the molecule is COc1cc(C(=O)N(CC/C(N)=N/O)C(C)C)ccc1F. The molecule has 6 nitrogen and oxygen atoms in total. The van der Waals surface area contributed by atoms with Crippen LogP contribution in [0.25, 0.3) is 0 Å². The Kier molecular flexibility index (Phi) is 5.95. The lowest BCUT2D eigenvalue weighted by molar-refractivity contribution is 0.0710. The van der Waals surface area contributed by atoms with E-state index in [9.17, 15) is 9.18 Å². The Morgan fingerprint density at radius 1 is 1.52 bits per heavy atom. The molecule has 0 spiro atoms. The molecule has 0 atom stereocenters. The number of hydrogen-bond acceptors (Lipinski definition) is 4. The van der Waals surface area contributed by atoms with E-state index in [0.717, 1.165) is 0 Å². The number of amides is 1. The van der Waals surface area contributed by atoms with Crippen molar-refractivity contribution in [1.29, 1.82) is 0 Å². The summed E-state index contributed by atoms with van der Waals surface area (Å²) in [5.74, 6) is -0.734. The van der Waals surface area contributed by atoms with Crippen molar-refractivity contribution in [2.75, 3.05) is 13.7 Å². The Hall–Kier alpha value is -2.31. The van der Waals surface area contributed by atoms with E-state index in [2.05, 4.69) is 5.16 Å². The molecule has 0 aliphatic heterocycles. The third kappa shape index (κ3) is 4.34. The Labute approximate surface area is 123 Å². The highest BCUT2D eigenvalue weighted by Crippen LogP contribution is 2.20. The fourth-order valence-electron chi connectivity index (χ4n) is 1.84. The van der Waals surface area contributed by atoms with E-state index in [4.69, 9.17) is 15.7 Å². The van der Waals surface area contributed by atoms with Crippen molar-refractivity contribution in [3.63, 3.8) is 0 Å². The van der Waals surface area contributed by atoms with Crippen molar-refractivity contribution in [1.82, 2.24) is 4.90 Å². The molecule has 0 heterocycles. The summed E-state index contributed by atoms with van der Waals surface area (Å²) in [5.41, 5.74) is 5.74. The van der Waals surface area contributed by atoms with Crippen LogP contribution in [-0.4, -0.2) is 41.5 Å². The lowest BCUT2D eigenvalue weighted by Crippen LogP contribution is -2.39. The van der Waals surface area contributed by atoms with E-state index in [1.807, 2.05) is 13.8 Å². The van der Waals surface area contributed by atoms with E-state index in [1.54, 1.807) is 4.90 Å². The summed E-state index contributed by atoms with van der Waals surface area (Å²) in [6.07, 6.45) is 0.249. The maximum atomic E-state index is 13.4. The third-order valence-corrected chi connectivity index (χ3v) is 3.02. The molecule has 0 fully saturated rings. The Morgan fingerprint density at radius 3 is 2.71 bits per heavy atom. The maximum Gasteiger partial charge on any atom is 0.254 e. The Bertz CT molecular complexity index is 532. The lowest BCUT2D eigenvalue weighted by atomic mass is 10.1. The molecule has 0 saturated heterocycles. The van der Waals surface area contributed by atoms with E-state index >= 15 is 0 Å². The van der Waals surface area contributed by atoms with Crippen molar-refractivity contribution in [3.8, 4) is 5.75 Å². The smallest absolute Gasteiger partial charge is 0.254 e. The molecule has 1 aromatic rings. The van der Waals surface area contributed by atoms with Gasteiger partial charge in [-0.3, -0.25) is 4.79 Å². The second-order valence-electron chi connectivity index (χ2n) is 4.78. The highest BCUT2D eigenvalue weighted by Gasteiger charge is 2.20. The van der Waals surface area contributed by atoms with E-state index in [0.29, 0.717) is 12.1 Å². The number of benzene rings is 1. The summed E-state index contributed by atoms with van der Waals surface area (Å²) in [6, 6.07) is 3.86. The molecule has 0 radical (unpaired) electrons. The third-order valence-electron chi connectivity index (χ3n) is 3.02. The van der Waals surface area contributed by atoms with Crippen molar-refractivity contribution in [3.05, 3.63) is 29.6 Å². The summed E-state index contributed by atoms with van der Waals surface area (Å²) in [6.45, 7) is 4.00. The number of carbonyl (C=O) groups is 1. The van der Waals surface area contributed by atoms with Crippen LogP contribution >= 0.6 is 0 Å². The first-order valence-electron chi connectivity index (χ1n) is 6.51. The molecule has 0 aliphatic rings. The number of carbonyl (C=O) groups excluding carboxylic acids is 1. The molecule has 0 aliphatic carbocycles. The molecule has 0 unspecified atom stereocenters. The van der Waals surface area contributed by atoms with Gasteiger partial charge in [0, 0.05) is 24.6 Å². The molecule has 21 heavy (non-hydrogen) atoms. The second-order valence-corrected chi connectivity index (χ2v) is 4.78. The summed E-state index contributed by atoms with van der Waals surface area (Å²) in [7, 11) is 1.34. The molecule has 1 amide bonds. The lowest BCUT2D eigenvalue weighted by Gasteiger charge is -2.26. The van der Waals surface area contributed by atoms with Crippen LogP contribution in [0.4, 0.5) is 4.39 Å². The van der Waals surface area contributed by atoms with E-state index in [1.165, 1.54) is 25.3 Å². The fraction of sp³-hybridized carbons (Fsp3) is 0.429. The predicted octanol–water partition coefficient (Wildman–Crippen LogP) is 1.82. The first kappa shape index (κ1) is 16.7. The standard InChI is InChI=1S/C14H20FN3O3/c1-9(2)18(7-6-13(16)17-20)14(19)10-4-5-11(15)12(8-10)21-3/h4-5,8-9,20H,6-7H2,1-3H3,(H2,16,17). The minimum atomic E-state index is -0.526.